The molecule has 0 aromatic carbocycles. The van der Waals surface area contributed by atoms with Gasteiger partial charge in [0.05, 0.1) is 0 Å². The van der Waals surface area contributed by atoms with Gasteiger partial charge in [0.15, 0.2) is 0 Å². The second-order valence-corrected chi connectivity index (χ2v) is 4.23. The molecule has 0 unspecified atom stereocenters. The minimum absolute atomic E-state index is 0.153. The van der Waals surface area contributed by atoms with Crippen molar-refractivity contribution in [3.8, 4) is 11.7 Å². The van der Waals surface area contributed by atoms with Crippen LogP contribution >= 0.6 is 0 Å². The van der Waals surface area contributed by atoms with Gasteiger partial charge in [-0.2, -0.15) is 0 Å². The zero-order valence-electron chi connectivity index (χ0n) is 8.93. The Morgan fingerprint density at radius 3 is 2.27 bits per heavy atom. The first-order valence-electron chi connectivity index (χ1n) is 4.69. The van der Waals surface area contributed by atoms with Crippen LogP contribution < -0.4 is 0 Å². The normalized spacial score (nSPS) is 11.7. The molecule has 0 saturated carbocycles. The fraction of sp³-hybridized carbons (Fsp3) is 0.400. The van der Waals surface area contributed by atoms with Gasteiger partial charge in [-0.15, -0.1) is 10.2 Å². The first-order valence-corrected chi connectivity index (χ1v) is 4.69. The molecule has 5 heteroatoms. The van der Waals surface area contributed by atoms with Crippen molar-refractivity contribution in [1.82, 2.24) is 20.2 Å². The van der Waals surface area contributed by atoms with Crippen LogP contribution in [-0.4, -0.2) is 20.2 Å². The molecule has 2 heterocycles. The Morgan fingerprint density at radius 1 is 1.07 bits per heavy atom. The minimum Gasteiger partial charge on any atom is -0.418 e. The number of nitrogens with zero attached hydrogens (tertiary/aromatic N) is 4. The third-order valence-electron chi connectivity index (χ3n) is 1.82. The van der Waals surface area contributed by atoms with Crippen molar-refractivity contribution in [2.75, 3.05) is 0 Å². The van der Waals surface area contributed by atoms with E-state index in [4.69, 9.17) is 4.42 Å². The van der Waals surface area contributed by atoms with Gasteiger partial charge in [-0.1, -0.05) is 20.8 Å². The van der Waals surface area contributed by atoms with Gasteiger partial charge in [0.25, 0.3) is 5.89 Å². The maximum absolute atomic E-state index is 5.49. The Balaban J connectivity index is 2.37. The van der Waals surface area contributed by atoms with Gasteiger partial charge in [0.2, 0.25) is 11.7 Å². The summed E-state index contributed by atoms with van der Waals surface area (Å²) in [4.78, 5) is 8.07. The van der Waals surface area contributed by atoms with Crippen LogP contribution in [-0.2, 0) is 5.41 Å². The monoisotopic (exact) mass is 204 g/mol. The third kappa shape index (κ3) is 2.01. The van der Waals surface area contributed by atoms with Gasteiger partial charge in [-0.3, -0.25) is 0 Å². The van der Waals surface area contributed by atoms with Gasteiger partial charge < -0.3 is 4.42 Å². The molecular formula is C10H12N4O. The molecule has 0 amide bonds. The summed E-state index contributed by atoms with van der Waals surface area (Å²) in [5, 5.41) is 7.88. The van der Waals surface area contributed by atoms with Crippen molar-refractivity contribution < 1.29 is 4.42 Å². The smallest absolute Gasteiger partial charge is 0.285 e. The van der Waals surface area contributed by atoms with Crippen molar-refractivity contribution in [2.24, 2.45) is 0 Å². The van der Waals surface area contributed by atoms with Gasteiger partial charge in [-0.05, 0) is 6.07 Å². The van der Waals surface area contributed by atoms with E-state index in [9.17, 15) is 0 Å². The molecule has 0 atom stereocenters. The van der Waals surface area contributed by atoms with E-state index >= 15 is 0 Å². The van der Waals surface area contributed by atoms with Crippen LogP contribution in [0.5, 0.6) is 0 Å². The predicted octanol–water partition coefficient (Wildman–Crippen LogP) is 1.82. The second-order valence-electron chi connectivity index (χ2n) is 4.23. The number of rotatable bonds is 1. The average Bonchev–Trinajstić information content (AvgIpc) is 2.67. The van der Waals surface area contributed by atoms with Crippen LogP contribution in [0.4, 0.5) is 0 Å². The first-order chi connectivity index (χ1) is 7.07. The molecule has 2 aromatic heterocycles. The highest BCUT2D eigenvalue weighted by atomic mass is 16.4. The number of hydrogen-bond donors (Lipinski definition) is 0. The molecule has 0 aliphatic heterocycles. The molecule has 0 spiro atoms. The molecule has 78 valence electrons. The Labute approximate surface area is 87.6 Å². The number of aromatic nitrogens is 4. The largest absolute Gasteiger partial charge is 0.418 e. The van der Waals surface area contributed by atoms with Crippen molar-refractivity contribution in [1.29, 1.82) is 0 Å². The van der Waals surface area contributed by atoms with E-state index in [2.05, 4.69) is 20.2 Å². The molecule has 0 saturated heterocycles. The highest BCUT2D eigenvalue weighted by Gasteiger charge is 2.22. The molecule has 2 rings (SSSR count). The Morgan fingerprint density at radius 2 is 1.73 bits per heavy atom. The summed E-state index contributed by atoms with van der Waals surface area (Å²) in [5.74, 6) is 1.41. The zero-order valence-corrected chi connectivity index (χ0v) is 8.93. The third-order valence-corrected chi connectivity index (χ3v) is 1.82. The van der Waals surface area contributed by atoms with Gasteiger partial charge >= 0.3 is 0 Å². The van der Waals surface area contributed by atoms with Crippen molar-refractivity contribution >= 4 is 0 Å². The summed E-state index contributed by atoms with van der Waals surface area (Å²) >= 11 is 0. The van der Waals surface area contributed by atoms with E-state index < -0.39 is 0 Å². The maximum atomic E-state index is 5.49. The van der Waals surface area contributed by atoms with Crippen LogP contribution in [0.25, 0.3) is 11.7 Å². The van der Waals surface area contributed by atoms with E-state index in [-0.39, 0.29) is 5.41 Å². The molecule has 0 aliphatic carbocycles. The van der Waals surface area contributed by atoms with E-state index in [1.165, 1.54) is 0 Å². The SMILES string of the molecule is CC(C)(C)c1nnc(-c2ncccn2)o1. The Kier molecular flexibility index (Phi) is 2.22. The Bertz CT molecular complexity index is 444. The fourth-order valence-corrected chi connectivity index (χ4v) is 1.03. The summed E-state index contributed by atoms with van der Waals surface area (Å²) in [7, 11) is 0. The van der Waals surface area contributed by atoms with E-state index in [1.54, 1.807) is 18.5 Å². The molecule has 0 bridgehead atoms. The molecule has 0 fully saturated rings. The summed E-state index contributed by atoms with van der Waals surface area (Å²) in [6, 6.07) is 1.74. The summed E-state index contributed by atoms with van der Waals surface area (Å²) < 4.78 is 5.49. The fourth-order valence-electron chi connectivity index (χ4n) is 1.03. The zero-order chi connectivity index (χ0) is 10.9. The average molecular weight is 204 g/mol. The lowest BCUT2D eigenvalue weighted by Crippen LogP contribution is -2.11. The number of hydrogen-bond acceptors (Lipinski definition) is 5. The maximum Gasteiger partial charge on any atom is 0.285 e. The lowest BCUT2D eigenvalue weighted by Gasteiger charge is -2.10. The lowest BCUT2D eigenvalue weighted by atomic mass is 9.97. The molecule has 0 N–H and O–H groups in total. The predicted molar refractivity (Wildman–Crippen MR) is 54.0 cm³/mol. The minimum atomic E-state index is -0.153. The molecular weight excluding hydrogens is 192 g/mol. The van der Waals surface area contributed by atoms with Gasteiger partial charge in [0, 0.05) is 17.8 Å². The van der Waals surface area contributed by atoms with Crippen LogP contribution in [0.1, 0.15) is 26.7 Å². The molecule has 0 radical (unpaired) electrons. The van der Waals surface area contributed by atoms with Crippen LogP contribution in [0.15, 0.2) is 22.9 Å². The second kappa shape index (κ2) is 3.42. The van der Waals surface area contributed by atoms with Gasteiger partial charge in [-0.25, -0.2) is 9.97 Å². The van der Waals surface area contributed by atoms with Crippen LogP contribution in [0, 0.1) is 0 Å². The molecule has 0 aliphatic rings. The lowest BCUT2D eigenvalue weighted by molar-refractivity contribution is 0.398. The highest BCUT2D eigenvalue weighted by Crippen LogP contribution is 2.22. The summed E-state index contributed by atoms with van der Waals surface area (Å²) in [5.41, 5.74) is -0.153. The quantitative estimate of drug-likeness (QED) is 0.709. The molecule has 15 heavy (non-hydrogen) atoms. The molecule has 5 nitrogen and oxygen atoms in total. The van der Waals surface area contributed by atoms with Crippen molar-refractivity contribution in [3.63, 3.8) is 0 Å². The summed E-state index contributed by atoms with van der Waals surface area (Å²) in [6.45, 7) is 6.03. The standard InChI is InChI=1S/C10H12N4O/c1-10(2,3)9-14-13-8(15-9)7-11-5-4-6-12-7/h4-6H,1-3H3. The van der Waals surface area contributed by atoms with Crippen molar-refractivity contribution in [2.45, 2.75) is 26.2 Å². The van der Waals surface area contributed by atoms with E-state index in [0.717, 1.165) is 0 Å². The Hall–Kier alpha value is -1.78. The van der Waals surface area contributed by atoms with Crippen LogP contribution in [0.2, 0.25) is 0 Å². The summed E-state index contributed by atoms with van der Waals surface area (Å²) in [6.07, 6.45) is 3.28. The highest BCUT2D eigenvalue weighted by molar-refractivity contribution is 5.37. The van der Waals surface area contributed by atoms with E-state index in [0.29, 0.717) is 17.6 Å². The van der Waals surface area contributed by atoms with Crippen LogP contribution in [0.3, 0.4) is 0 Å². The van der Waals surface area contributed by atoms with Crippen molar-refractivity contribution in [3.05, 3.63) is 24.4 Å². The first kappa shape index (κ1) is 9.76. The molecule has 2 aromatic rings. The topological polar surface area (TPSA) is 64.7 Å². The van der Waals surface area contributed by atoms with Gasteiger partial charge in [0.1, 0.15) is 0 Å². The van der Waals surface area contributed by atoms with E-state index in [1.807, 2.05) is 20.8 Å².